The van der Waals surface area contributed by atoms with Crippen LogP contribution in [0, 0.1) is 5.82 Å². The maximum absolute atomic E-state index is 13.1. The molecule has 24 heavy (non-hydrogen) atoms. The molecular formula is C16H20FN5O2. The lowest BCUT2D eigenvalue weighted by atomic mass is 10.3. The van der Waals surface area contributed by atoms with Crippen molar-refractivity contribution in [3.8, 4) is 5.75 Å². The molecule has 1 aliphatic heterocycles. The van der Waals surface area contributed by atoms with Gasteiger partial charge in [0.05, 0.1) is 6.20 Å². The molecule has 0 spiro atoms. The Morgan fingerprint density at radius 2 is 2.08 bits per heavy atom. The molecule has 0 aliphatic carbocycles. The van der Waals surface area contributed by atoms with Crippen molar-refractivity contribution in [2.24, 2.45) is 0 Å². The van der Waals surface area contributed by atoms with Crippen LogP contribution in [-0.2, 0) is 17.9 Å². The van der Waals surface area contributed by atoms with Crippen LogP contribution in [0.15, 0.2) is 30.5 Å². The lowest BCUT2D eigenvalue weighted by molar-refractivity contribution is -0.133. The first-order chi connectivity index (χ1) is 11.6. The van der Waals surface area contributed by atoms with Gasteiger partial charge in [-0.3, -0.25) is 4.79 Å². The third-order valence-electron chi connectivity index (χ3n) is 3.92. The molecule has 128 valence electrons. The third-order valence-corrected chi connectivity index (χ3v) is 3.92. The van der Waals surface area contributed by atoms with Gasteiger partial charge in [-0.25, -0.2) is 9.07 Å². The van der Waals surface area contributed by atoms with Crippen LogP contribution in [0.2, 0.25) is 0 Å². The summed E-state index contributed by atoms with van der Waals surface area (Å²) in [5.41, 5.74) is 0.588. The van der Waals surface area contributed by atoms with E-state index in [4.69, 9.17) is 4.74 Å². The summed E-state index contributed by atoms with van der Waals surface area (Å²) in [6.45, 7) is 3.58. The average molecular weight is 333 g/mol. The number of rotatable bonds is 5. The highest BCUT2D eigenvalue weighted by molar-refractivity contribution is 5.76. The second-order valence-corrected chi connectivity index (χ2v) is 5.84. The van der Waals surface area contributed by atoms with E-state index in [1.54, 1.807) is 18.3 Å². The largest absolute Gasteiger partial charge is 0.487 e. The van der Waals surface area contributed by atoms with Crippen molar-refractivity contribution in [2.45, 2.75) is 13.2 Å². The van der Waals surface area contributed by atoms with Crippen molar-refractivity contribution in [2.75, 3.05) is 33.2 Å². The van der Waals surface area contributed by atoms with Crippen LogP contribution < -0.4 is 4.74 Å². The summed E-state index contributed by atoms with van der Waals surface area (Å²) in [4.78, 5) is 16.3. The number of hydrogen-bond donors (Lipinski definition) is 0. The Balaban J connectivity index is 1.51. The first-order valence-corrected chi connectivity index (χ1v) is 7.84. The Kier molecular flexibility index (Phi) is 5.05. The minimum absolute atomic E-state index is 0.0330. The standard InChI is InChI=1S/C16H20FN5O2/c1-20-5-7-21(8-6-20)16(23)11-22-10-14(18-19-22)12-24-15-4-2-3-13(17)9-15/h2-4,9-10H,5-8,11-12H2,1H3. The fourth-order valence-electron chi connectivity index (χ4n) is 2.49. The minimum atomic E-state index is -0.353. The lowest BCUT2D eigenvalue weighted by Gasteiger charge is -2.32. The molecule has 0 bridgehead atoms. The highest BCUT2D eigenvalue weighted by Gasteiger charge is 2.19. The molecule has 0 saturated carbocycles. The van der Waals surface area contributed by atoms with E-state index in [1.165, 1.54) is 16.8 Å². The maximum Gasteiger partial charge on any atom is 0.244 e. The van der Waals surface area contributed by atoms with Crippen molar-refractivity contribution >= 4 is 5.91 Å². The summed E-state index contributed by atoms with van der Waals surface area (Å²) in [6, 6.07) is 5.91. The van der Waals surface area contributed by atoms with Crippen LogP contribution in [0.1, 0.15) is 5.69 Å². The Labute approximate surface area is 139 Å². The Bertz CT molecular complexity index is 697. The number of halogens is 1. The van der Waals surface area contributed by atoms with Crippen molar-refractivity contribution in [1.82, 2.24) is 24.8 Å². The summed E-state index contributed by atoms with van der Waals surface area (Å²) in [7, 11) is 2.05. The topological polar surface area (TPSA) is 63.5 Å². The van der Waals surface area contributed by atoms with Gasteiger partial charge < -0.3 is 14.5 Å². The molecule has 0 atom stereocenters. The van der Waals surface area contributed by atoms with E-state index >= 15 is 0 Å². The first-order valence-electron chi connectivity index (χ1n) is 7.84. The van der Waals surface area contributed by atoms with Crippen LogP contribution in [-0.4, -0.2) is 63.9 Å². The fraction of sp³-hybridized carbons (Fsp3) is 0.438. The van der Waals surface area contributed by atoms with E-state index in [1.807, 2.05) is 11.9 Å². The molecule has 1 aromatic heterocycles. The molecule has 3 rings (SSSR count). The van der Waals surface area contributed by atoms with Gasteiger partial charge in [-0.2, -0.15) is 0 Å². The fourth-order valence-corrected chi connectivity index (χ4v) is 2.49. The highest BCUT2D eigenvalue weighted by Crippen LogP contribution is 2.13. The van der Waals surface area contributed by atoms with E-state index < -0.39 is 0 Å². The van der Waals surface area contributed by atoms with Gasteiger partial charge in [0.25, 0.3) is 0 Å². The average Bonchev–Trinajstić information content (AvgIpc) is 3.01. The number of ether oxygens (including phenoxy) is 1. The molecule has 7 nitrogen and oxygen atoms in total. The van der Waals surface area contributed by atoms with Crippen molar-refractivity contribution in [3.63, 3.8) is 0 Å². The number of likely N-dealkylation sites (N-methyl/N-ethyl adjacent to an activating group) is 1. The Hall–Kier alpha value is -2.48. The normalized spacial score (nSPS) is 15.5. The van der Waals surface area contributed by atoms with Gasteiger partial charge in [-0.1, -0.05) is 11.3 Å². The highest BCUT2D eigenvalue weighted by atomic mass is 19.1. The quantitative estimate of drug-likeness (QED) is 0.809. The Morgan fingerprint density at radius 1 is 1.29 bits per heavy atom. The van der Waals surface area contributed by atoms with E-state index in [0.717, 1.165) is 26.2 Å². The van der Waals surface area contributed by atoms with Crippen LogP contribution >= 0.6 is 0 Å². The van der Waals surface area contributed by atoms with Crippen molar-refractivity contribution < 1.29 is 13.9 Å². The molecule has 0 radical (unpaired) electrons. The summed E-state index contributed by atoms with van der Waals surface area (Å²) in [5, 5.41) is 7.93. The van der Waals surface area contributed by atoms with Crippen LogP contribution in [0.5, 0.6) is 5.75 Å². The number of amides is 1. The van der Waals surface area contributed by atoms with Crippen molar-refractivity contribution in [3.05, 3.63) is 42.0 Å². The van der Waals surface area contributed by atoms with Crippen LogP contribution in [0.3, 0.4) is 0 Å². The van der Waals surface area contributed by atoms with Crippen LogP contribution in [0.4, 0.5) is 4.39 Å². The summed E-state index contributed by atoms with van der Waals surface area (Å²) in [5.74, 6) is 0.109. The number of carbonyl (C=O) groups is 1. The smallest absolute Gasteiger partial charge is 0.244 e. The van der Waals surface area contributed by atoms with E-state index in [9.17, 15) is 9.18 Å². The molecule has 2 heterocycles. The molecule has 1 fully saturated rings. The zero-order valence-electron chi connectivity index (χ0n) is 13.6. The number of benzene rings is 1. The number of nitrogens with zero attached hydrogens (tertiary/aromatic N) is 5. The predicted molar refractivity (Wildman–Crippen MR) is 84.8 cm³/mol. The van der Waals surface area contributed by atoms with Crippen molar-refractivity contribution in [1.29, 1.82) is 0 Å². The van der Waals surface area contributed by atoms with Gasteiger partial charge in [0.15, 0.2) is 0 Å². The molecule has 0 N–H and O–H groups in total. The summed E-state index contributed by atoms with van der Waals surface area (Å²) >= 11 is 0. The molecule has 1 amide bonds. The first kappa shape index (κ1) is 16.4. The number of carbonyl (C=O) groups excluding carboxylic acids is 1. The van der Waals surface area contributed by atoms with Gasteiger partial charge in [0.1, 0.15) is 30.4 Å². The number of piperazine rings is 1. The molecular weight excluding hydrogens is 313 g/mol. The van der Waals surface area contributed by atoms with E-state index in [-0.39, 0.29) is 24.9 Å². The second-order valence-electron chi connectivity index (χ2n) is 5.84. The number of aromatic nitrogens is 3. The second kappa shape index (κ2) is 7.39. The third kappa shape index (κ3) is 4.29. The molecule has 2 aromatic rings. The molecule has 1 aromatic carbocycles. The van der Waals surface area contributed by atoms with Gasteiger partial charge in [0.2, 0.25) is 5.91 Å². The van der Waals surface area contributed by atoms with Crippen LogP contribution in [0.25, 0.3) is 0 Å². The minimum Gasteiger partial charge on any atom is -0.487 e. The molecule has 1 aliphatic rings. The predicted octanol–water partition coefficient (Wildman–Crippen LogP) is 0.770. The zero-order chi connectivity index (χ0) is 16.9. The molecule has 0 unspecified atom stereocenters. The van der Waals surface area contributed by atoms with Gasteiger partial charge in [0, 0.05) is 32.2 Å². The molecule has 8 heteroatoms. The van der Waals surface area contributed by atoms with Gasteiger partial charge in [-0.15, -0.1) is 5.10 Å². The van der Waals surface area contributed by atoms with Gasteiger partial charge >= 0.3 is 0 Å². The Morgan fingerprint density at radius 3 is 2.83 bits per heavy atom. The zero-order valence-corrected chi connectivity index (χ0v) is 13.6. The number of hydrogen-bond acceptors (Lipinski definition) is 5. The van der Waals surface area contributed by atoms with E-state index in [2.05, 4.69) is 15.2 Å². The van der Waals surface area contributed by atoms with Gasteiger partial charge in [-0.05, 0) is 19.2 Å². The lowest BCUT2D eigenvalue weighted by Crippen LogP contribution is -2.48. The monoisotopic (exact) mass is 333 g/mol. The summed E-state index contributed by atoms with van der Waals surface area (Å²) in [6.07, 6.45) is 1.67. The maximum atomic E-state index is 13.1. The SMILES string of the molecule is CN1CCN(C(=O)Cn2cc(COc3cccc(F)c3)nn2)CC1. The summed E-state index contributed by atoms with van der Waals surface area (Å²) < 4.78 is 20.1. The molecule has 1 saturated heterocycles. The van der Waals surface area contributed by atoms with E-state index in [0.29, 0.717) is 11.4 Å².